The van der Waals surface area contributed by atoms with Crippen molar-refractivity contribution in [3.63, 3.8) is 0 Å². The number of carbonyl (C=O) groups excluding carboxylic acids is 1. The van der Waals surface area contributed by atoms with E-state index in [1.165, 1.54) is 6.33 Å². The van der Waals surface area contributed by atoms with E-state index in [4.69, 9.17) is 10.7 Å². The largest absolute Gasteiger partial charge is 0.366 e. The fraction of sp³-hybridized carbons (Fsp3) is 0.250. The third-order valence-corrected chi connectivity index (χ3v) is 4.27. The van der Waals surface area contributed by atoms with Gasteiger partial charge in [-0.25, -0.2) is 10.1 Å². The van der Waals surface area contributed by atoms with Crippen molar-refractivity contribution in [2.24, 2.45) is 5.73 Å². The monoisotopic (exact) mass is 323 g/mol. The predicted molar refractivity (Wildman–Crippen MR) is 91.1 cm³/mol. The van der Waals surface area contributed by atoms with E-state index in [0.29, 0.717) is 5.56 Å². The van der Waals surface area contributed by atoms with Crippen molar-refractivity contribution in [1.29, 1.82) is 0 Å². The van der Waals surface area contributed by atoms with Gasteiger partial charge in [0.15, 0.2) is 0 Å². The summed E-state index contributed by atoms with van der Waals surface area (Å²) in [5.74, 6) is 1.12. The SMILES string of the molecule is NC(=O)c1cc(N2CCN(c3ncn[nH]3)CC2)nc2ccccc12. The molecule has 0 unspecified atom stereocenters. The molecule has 0 spiro atoms. The van der Waals surface area contributed by atoms with Crippen molar-refractivity contribution in [2.75, 3.05) is 36.0 Å². The average Bonchev–Trinajstić information content (AvgIpc) is 3.15. The molecule has 122 valence electrons. The summed E-state index contributed by atoms with van der Waals surface area (Å²) in [6.07, 6.45) is 1.51. The van der Waals surface area contributed by atoms with Crippen LogP contribution < -0.4 is 15.5 Å². The van der Waals surface area contributed by atoms with Gasteiger partial charge in [0.05, 0.1) is 11.1 Å². The lowest BCUT2D eigenvalue weighted by molar-refractivity contribution is 0.100. The number of benzene rings is 1. The van der Waals surface area contributed by atoms with Crippen LogP contribution in [-0.2, 0) is 0 Å². The van der Waals surface area contributed by atoms with Crippen LogP contribution in [0.15, 0.2) is 36.7 Å². The zero-order chi connectivity index (χ0) is 16.5. The molecule has 1 fully saturated rings. The second kappa shape index (κ2) is 5.80. The number of amides is 1. The number of piperazine rings is 1. The van der Waals surface area contributed by atoms with E-state index in [1.54, 1.807) is 6.07 Å². The molecule has 2 aromatic heterocycles. The average molecular weight is 323 g/mol. The number of primary amides is 1. The van der Waals surface area contributed by atoms with Gasteiger partial charge in [-0.2, -0.15) is 10.1 Å². The summed E-state index contributed by atoms with van der Waals surface area (Å²) >= 11 is 0. The van der Waals surface area contributed by atoms with Gasteiger partial charge in [0, 0.05) is 31.6 Å². The van der Waals surface area contributed by atoms with Gasteiger partial charge >= 0.3 is 0 Å². The molecule has 1 amide bonds. The summed E-state index contributed by atoms with van der Waals surface area (Å²) in [6.45, 7) is 3.17. The number of rotatable bonds is 3. The molecule has 0 saturated carbocycles. The van der Waals surface area contributed by atoms with Crippen molar-refractivity contribution in [2.45, 2.75) is 0 Å². The molecule has 4 rings (SSSR count). The summed E-state index contributed by atoms with van der Waals surface area (Å²) in [5, 5.41) is 7.55. The lowest BCUT2D eigenvalue weighted by Crippen LogP contribution is -2.47. The van der Waals surface area contributed by atoms with Crippen molar-refractivity contribution in [1.82, 2.24) is 20.2 Å². The summed E-state index contributed by atoms with van der Waals surface area (Å²) in [7, 11) is 0. The zero-order valence-corrected chi connectivity index (χ0v) is 13.0. The highest BCUT2D eigenvalue weighted by Gasteiger charge is 2.21. The number of aromatic nitrogens is 4. The van der Waals surface area contributed by atoms with E-state index in [-0.39, 0.29) is 0 Å². The van der Waals surface area contributed by atoms with Crippen LogP contribution in [0.3, 0.4) is 0 Å². The van der Waals surface area contributed by atoms with Crippen LogP contribution in [0.5, 0.6) is 0 Å². The van der Waals surface area contributed by atoms with E-state index in [1.807, 2.05) is 24.3 Å². The number of nitrogens with zero attached hydrogens (tertiary/aromatic N) is 5. The Morgan fingerprint density at radius 3 is 2.58 bits per heavy atom. The fourth-order valence-electron chi connectivity index (χ4n) is 3.03. The number of pyridine rings is 1. The molecule has 0 radical (unpaired) electrons. The Balaban J connectivity index is 1.62. The number of hydrogen-bond acceptors (Lipinski definition) is 6. The van der Waals surface area contributed by atoms with Crippen LogP contribution in [0.25, 0.3) is 10.9 Å². The van der Waals surface area contributed by atoms with E-state index in [9.17, 15) is 4.79 Å². The Morgan fingerprint density at radius 1 is 1.12 bits per heavy atom. The minimum atomic E-state index is -0.435. The lowest BCUT2D eigenvalue weighted by atomic mass is 10.1. The number of fused-ring (bicyclic) bond motifs is 1. The molecule has 0 bridgehead atoms. The van der Waals surface area contributed by atoms with Gasteiger partial charge in [0.2, 0.25) is 11.9 Å². The van der Waals surface area contributed by atoms with Crippen LogP contribution >= 0.6 is 0 Å². The van der Waals surface area contributed by atoms with Crippen LogP contribution in [0.2, 0.25) is 0 Å². The maximum absolute atomic E-state index is 11.8. The van der Waals surface area contributed by atoms with Crippen molar-refractivity contribution >= 4 is 28.6 Å². The Kier molecular flexibility index (Phi) is 3.49. The second-order valence-corrected chi connectivity index (χ2v) is 5.69. The number of carbonyl (C=O) groups is 1. The molecule has 8 heteroatoms. The molecule has 24 heavy (non-hydrogen) atoms. The first-order valence-electron chi connectivity index (χ1n) is 7.77. The number of H-pyrrole nitrogens is 1. The Labute approximate surface area is 138 Å². The number of anilines is 2. The normalized spacial score (nSPS) is 15.0. The molecule has 3 N–H and O–H groups in total. The number of nitrogens with two attached hydrogens (primary N) is 1. The standard InChI is InChI=1S/C16H17N7O/c17-15(24)12-9-14(20-13-4-2-1-3-11(12)13)22-5-7-23(8-6-22)16-18-10-19-21-16/h1-4,9-10H,5-8H2,(H2,17,24)(H,18,19,21). The van der Waals surface area contributed by atoms with Gasteiger partial charge < -0.3 is 15.5 Å². The molecule has 8 nitrogen and oxygen atoms in total. The van der Waals surface area contributed by atoms with Crippen LogP contribution in [0, 0.1) is 0 Å². The molecule has 1 aromatic carbocycles. The predicted octanol–water partition coefficient (Wildman–Crippen LogP) is 0.778. The summed E-state index contributed by atoms with van der Waals surface area (Å²) in [6, 6.07) is 9.34. The van der Waals surface area contributed by atoms with Crippen LogP contribution in [0.4, 0.5) is 11.8 Å². The molecule has 0 atom stereocenters. The molecular formula is C16H17N7O. The zero-order valence-electron chi connectivity index (χ0n) is 13.0. The maximum Gasteiger partial charge on any atom is 0.249 e. The Bertz CT molecular complexity index is 869. The van der Waals surface area contributed by atoms with E-state index in [0.717, 1.165) is 48.8 Å². The first kappa shape index (κ1) is 14.4. The molecule has 1 aliphatic heterocycles. The van der Waals surface area contributed by atoms with Gasteiger partial charge in [-0.15, -0.1) is 0 Å². The summed E-state index contributed by atoms with van der Waals surface area (Å²) in [4.78, 5) is 25.0. The topological polar surface area (TPSA) is 104 Å². The molecular weight excluding hydrogens is 306 g/mol. The van der Waals surface area contributed by atoms with Gasteiger partial charge in [0.1, 0.15) is 12.1 Å². The quantitative estimate of drug-likeness (QED) is 0.738. The molecule has 1 saturated heterocycles. The van der Waals surface area contributed by atoms with E-state index >= 15 is 0 Å². The Morgan fingerprint density at radius 2 is 1.88 bits per heavy atom. The fourth-order valence-corrected chi connectivity index (χ4v) is 3.03. The third kappa shape index (κ3) is 2.51. The summed E-state index contributed by atoms with van der Waals surface area (Å²) < 4.78 is 0. The smallest absolute Gasteiger partial charge is 0.249 e. The highest BCUT2D eigenvalue weighted by Crippen LogP contribution is 2.24. The van der Waals surface area contributed by atoms with Crippen LogP contribution in [0.1, 0.15) is 10.4 Å². The first-order valence-corrected chi connectivity index (χ1v) is 7.77. The van der Waals surface area contributed by atoms with E-state index < -0.39 is 5.91 Å². The van der Waals surface area contributed by atoms with Crippen molar-refractivity contribution < 1.29 is 4.79 Å². The molecule has 3 heterocycles. The van der Waals surface area contributed by atoms with Gasteiger partial charge in [-0.05, 0) is 12.1 Å². The van der Waals surface area contributed by atoms with Crippen molar-refractivity contribution in [3.05, 3.63) is 42.2 Å². The number of nitrogens with one attached hydrogen (secondary N) is 1. The maximum atomic E-state index is 11.8. The van der Waals surface area contributed by atoms with Gasteiger partial charge in [-0.3, -0.25) is 4.79 Å². The second-order valence-electron chi connectivity index (χ2n) is 5.69. The van der Waals surface area contributed by atoms with E-state index in [2.05, 4.69) is 25.0 Å². The molecule has 1 aliphatic rings. The minimum absolute atomic E-state index is 0.435. The lowest BCUT2D eigenvalue weighted by Gasteiger charge is -2.35. The van der Waals surface area contributed by atoms with Gasteiger partial charge in [0.25, 0.3) is 0 Å². The Hall–Kier alpha value is -3.16. The third-order valence-electron chi connectivity index (χ3n) is 4.27. The van der Waals surface area contributed by atoms with Gasteiger partial charge in [-0.1, -0.05) is 18.2 Å². The first-order chi connectivity index (χ1) is 11.7. The molecule has 0 aliphatic carbocycles. The highest BCUT2D eigenvalue weighted by atomic mass is 16.1. The summed E-state index contributed by atoms with van der Waals surface area (Å²) in [5.41, 5.74) is 6.84. The molecule has 3 aromatic rings. The number of aromatic amines is 1. The number of hydrogen-bond donors (Lipinski definition) is 2. The van der Waals surface area contributed by atoms with Crippen molar-refractivity contribution in [3.8, 4) is 0 Å². The highest BCUT2D eigenvalue weighted by molar-refractivity contribution is 6.06. The number of para-hydroxylation sites is 1. The van der Waals surface area contributed by atoms with Crippen LogP contribution in [-0.4, -0.2) is 52.3 Å². The minimum Gasteiger partial charge on any atom is -0.366 e.